The van der Waals surface area contributed by atoms with Gasteiger partial charge in [0.1, 0.15) is 5.75 Å². The molecule has 17 heavy (non-hydrogen) atoms. The van der Waals surface area contributed by atoms with Gasteiger partial charge in [0.15, 0.2) is 0 Å². The summed E-state index contributed by atoms with van der Waals surface area (Å²) in [5.41, 5.74) is 2.40. The van der Waals surface area contributed by atoms with Crippen LogP contribution in [0.4, 0.5) is 0 Å². The van der Waals surface area contributed by atoms with Crippen LogP contribution in [0.25, 0.3) is 0 Å². The van der Waals surface area contributed by atoms with Crippen molar-refractivity contribution in [2.45, 2.75) is 32.7 Å². The molecule has 92 valence electrons. The van der Waals surface area contributed by atoms with Gasteiger partial charge in [0.25, 0.3) is 0 Å². The van der Waals surface area contributed by atoms with Gasteiger partial charge in [-0.3, -0.25) is 0 Å². The molecule has 0 amide bonds. The Morgan fingerprint density at radius 1 is 1.47 bits per heavy atom. The molecule has 0 aliphatic heterocycles. The van der Waals surface area contributed by atoms with Crippen LogP contribution in [0.2, 0.25) is 0 Å². The van der Waals surface area contributed by atoms with E-state index in [1.54, 1.807) is 7.11 Å². The van der Waals surface area contributed by atoms with E-state index in [9.17, 15) is 0 Å². The summed E-state index contributed by atoms with van der Waals surface area (Å²) in [5.74, 6) is 3.63. The molecule has 1 unspecified atom stereocenters. The van der Waals surface area contributed by atoms with Crippen molar-refractivity contribution in [1.82, 2.24) is 5.32 Å². The number of hydrogen-bond acceptors (Lipinski definition) is 2. The van der Waals surface area contributed by atoms with Gasteiger partial charge in [-0.2, -0.15) is 0 Å². The molecule has 0 aromatic heterocycles. The van der Waals surface area contributed by atoms with Gasteiger partial charge in [-0.15, -0.1) is 12.3 Å². The van der Waals surface area contributed by atoms with Crippen LogP contribution in [0.15, 0.2) is 18.2 Å². The lowest BCUT2D eigenvalue weighted by Crippen LogP contribution is -2.20. The topological polar surface area (TPSA) is 21.3 Å². The third kappa shape index (κ3) is 3.80. The highest BCUT2D eigenvalue weighted by molar-refractivity contribution is 5.37. The summed E-state index contributed by atoms with van der Waals surface area (Å²) in [6.45, 7) is 5.09. The van der Waals surface area contributed by atoms with Crippen molar-refractivity contribution < 1.29 is 4.74 Å². The van der Waals surface area contributed by atoms with E-state index in [2.05, 4.69) is 36.4 Å². The van der Waals surface area contributed by atoms with E-state index in [1.165, 1.54) is 5.56 Å². The number of ether oxygens (including phenoxy) is 1. The molecule has 0 radical (unpaired) electrons. The highest BCUT2D eigenvalue weighted by Crippen LogP contribution is 2.25. The van der Waals surface area contributed by atoms with Gasteiger partial charge in [-0.25, -0.2) is 0 Å². The van der Waals surface area contributed by atoms with Gasteiger partial charge in [0, 0.05) is 12.5 Å². The maximum absolute atomic E-state index is 5.35. The van der Waals surface area contributed by atoms with Crippen LogP contribution in [-0.2, 0) is 0 Å². The van der Waals surface area contributed by atoms with Gasteiger partial charge in [-0.05, 0) is 37.1 Å². The van der Waals surface area contributed by atoms with Crippen LogP contribution in [-0.4, -0.2) is 13.7 Å². The van der Waals surface area contributed by atoms with Crippen molar-refractivity contribution in [3.63, 3.8) is 0 Å². The Bertz CT molecular complexity index is 392. The first-order chi connectivity index (χ1) is 8.22. The van der Waals surface area contributed by atoms with Crippen LogP contribution < -0.4 is 10.1 Å². The van der Waals surface area contributed by atoms with Crippen LogP contribution >= 0.6 is 0 Å². The van der Waals surface area contributed by atoms with E-state index >= 15 is 0 Å². The second kappa shape index (κ2) is 6.98. The number of aryl methyl sites for hydroxylation is 1. The van der Waals surface area contributed by atoms with E-state index in [4.69, 9.17) is 11.2 Å². The molecule has 1 N–H and O–H groups in total. The van der Waals surface area contributed by atoms with Gasteiger partial charge in [-0.1, -0.05) is 19.1 Å². The Hall–Kier alpha value is -1.46. The SMILES string of the molecule is C#CCCC(NCC)c1ccc(C)c(OC)c1. The van der Waals surface area contributed by atoms with E-state index in [1.807, 2.05) is 6.92 Å². The number of hydrogen-bond donors (Lipinski definition) is 1. The molecule has 0 aliphatic carbocycles. The predicted octanol–water partition coefficient (Wildman–Crippen LogP) is 3.07. The molecule has 1 aromatic carbocycles. The highest BCUT2D eigenvalue weighted by Gasteiger charge is 2.11. The molecule has 0 bridgehead atoms. The van der Waals surface area contributed by atoms with Crippen LogP contribution in [0.1, 0.15) is 36.9 Å². The van der Waals surface area contributed by atoms with Gasteiger partial charge in [0.05, 0.1) is 7.11 Å². The summed E-state index contributed by atoms with van der Waals surface area (Å²) >= 11 is 0. The van der Waals surface area contributed by atoms with Gasteiger partial charge in [0.2, 0.25) is 0 Å². The Morgan fingerprint density at radius 3 is 2.82 bits per heavy atom. The number of methoxy groups -OCH3 is 1. The maximum atomic E-state index is 5.35. The first kappa shape index (κ1) is 13.6. The molecule has 0 spiro atoms. The lowest BCUT2D eigenvalue weighted by molar-refractivity contribution is 0.409. The Labute approximate surface area is 104 Å². The minimum atomic E-state index is 0.311. The third-order valence-electron chi connectivity index (χ3n) is 2.86. The molecule has 1 aromatic rings. The second-order valence-electron chi connectivity index (χ2n) is 4.08. The monoisotopic (exact) mass is 231 g/mol. The summed E-state index contributed by atoms with van der Waals surface area (Å²) in [6.07, 6.45) is 7.07. The molecular formula is C15H21NO. The van der Waals surface area contributed by atoms with E-state index < -0.39 is 0 Å². The first-order valence-corrected chi connectivity index (χ1v) is 6.04. The van der Waals surface area contributed by atoms with Gasteiger partial charge >= 0.3 is 0 Å². The van der Waals surface area contributed by atoms with Crippen molar-refractivity contribution in [2.24, 2.45) is 0 Å². The zero-order valence-electron chi connectivity index (χ0n) is 10.9. The van der Waals surface area contributed by atoms with E-state index in [0.29, 0.717) is 6.04 Å². The smallest absolute Gasteiger partial charge is 0.122 e. The largest absolute Gasteiger partial charge is 0.496 e. The minimum Gasteiger partial charge on any atom is -0.496 e. The molecule has 0 aliphatic rings. The summed E-state index contributed by atoms with van der Waals surface area (Å²) in [6, 6.07) is 6.64. The predicted molar refractivity (Wildman–Crippen MR) is 72.2 cm³/mol. The zero-order chi connectivity index (χ0) is 12.7. The number of terminal acetylenes is 1. The fourth-order valence-electron chi connectivity index (χ4n) is 1.91. The quantitative estimate of drug-likeness (QED) is 0.760. The summed E-state index contributed by atoms with van der Waals surface area (Å²) in [4.78, 5) is 0. The Kier molecular flexibility index (Phi) is 5.59. The van der Waals surface area contributed by atoms with Crippen molar-refractivity contribution in [1.29, 1.82) is 0 Å². The zero-order valence-corrected chi connectivity index (χ0v) is 10.9. The molecule has 1 rings (SSSR count). The first-order valence-electron chi connectivity index (χ1n) is 6.04. The highest BCUT2D eigenvalue weighted by atomic mass is 16.5. The van der Waals surface area contributed by atoms with Crippen molar-refractivity contribution in [3.8, 4) is 18.1 Å². The van der Waals surface area contributed by atoms with Gasteiger partial charge < -0.3 is 10.1 Å². The molecule has 2 heteroatoms. The fourth-order valence-corrected chi connectivity index (χ4v) is 1.91. The van der Waals surface area contributed by atoms with Crippen molar-refractivity contribution >= 4 is 0 Å². The van der Waals surface area contributed by atoms with Crippen LogP contribution in [0.5, 0.6) is 5.75 Å². The second-order valence-corrected chi connectivity index (χ2v) is 4.08. The Morgan fingerprint density at radius 2 is 2.24 bits per heavy atom. The number of benzene rings is 1. The lowest BCUT2D eigenvalue weighted by Gasteiger charge is -2.18. The minimum absolute atomic E-state index is 0.311. The average Bonchev–Trinajstić information content (AvgIpc) is 2.35. The molecule has 0 heterocycles. The lowest BCUT2D eigenvalue weighted by atomic mass is 10.00. The molecular weight excluding hydrogens is 210 g/mol. The van der Waals surface area contributed by atoms with Crippen molar-refractivity contribution in [2.75, 3.05) is 13.7 Å². The summed E-state index contributed by atoms with van der Waals surface area (Å²) in [7, 11) is 1.70. The average molecular weight is 231 g/mol. The van der Waals surface area contributed by atoms with Crippen LogP contribution in [0.3, 0.4) is 0 Å². The fraction of sp³-hybridized carbons (Fsp3) is 0.467. The standard InChI is InChI=1S/C15H21NO/c1-5-7-8-14(16-6-2)13-10-9-12(3)15(11-13)17-4/h1,9-11,14,16H,6-8H2,2-4H3. The summed E-state index contributed by atoms with van der Waals surface area (Å²) in [5, 5.41) is 3.45. The third-order valence-corrected chi connectivity index (χ3v) is 2.86. The van der Waals surface area contributed by atoms with Crippen LogP contribution in [0, 0.1) is 19.3 Å². The summed E-state index contributed by atoms with van der Waals surface area (Å²) < 4.78 is 5.35. The Balaban J connectivity index is 2.89. The normalized spacial score (nSPS) is 11.9. The molecule has 0 fully saturated rings. The molecule has 0 saturated heterocycles. The van der Waals surface area contributed by atoms with Crippen molar-refractivity contribution in [3.05, 3.63) is 29.3 Å². The maximum Gasteiger partial charge on any atom is 0.122 e. The molecule has 0 saturated carbocycles. The van der Waals surface area contributed by atoms with E-state index in [0.717, 1.165) is 30.7 Å². The number of rotatable bonds is 6. The molecule has 1 atom stereocenters. The molecule has 2 nitrogen and oxygen atoms in total. The number of nitrogens with one attached hydrogen (secondary N) is 1. The van der Waals surface area contributed by atoms with E-state index in [-0.39, 0.29) is 0 Å².